The molecular weight excluding hydrogens is 312 g/mol. The van der Waals surface area contributed by atoms with Gasteiger partial charge < -0.3 is 15.6 Å². The van der Waals surface area contributed by atoms with Crippen molar-refractivity contribution in [1.82, 2.24) is 15.3 Å². The van der Waals surface area contributed by atoms with Crippen LogP contribution in [-0.2, 0) is 4.79 Å². The summed E-state index contributed by atoms with van der Waals surface area (Å²) in [6, 6.07) is 5.97. The number of imidazole rings is 1. The molecule has 0 spiro atoms. The minimum absolute atomic E-state index is 0.115. The molecule has 25 heavy (non-hydrogen) atoms. The summed E-state index contributed by atoms with van der Waals surface area (Å²) in [5, 5.41) is 6.46. The molecule has 1 aromatic carbocycles. The number of amides is 1. The summed E-state index contributed by atoms with van der Waals surface area (Å²) in [4.78, 5) is 20.5. The van der Waals surface area contributed by atoms with Crippen LogP contribution in [-0.4, -0.2) is 29.0 Å². The number of benzene rings is 1. The predicted molar refractivity (Wildman–Crippen MR) is 101 cm³/mol. The van der Waals surface area contributed by atoms with Gasteiger partial charge >= 0.3 is 0 Å². The molecule has 5 heteroatoms. The molecule has 1 unspecified atom stereocenters. The molecule has 1 aliphatic heterocycles. The van der Waals surface area contributed by atoms with E-state index in [2.05, 4.69) is 22.5 Å². The number of H-pyrrole nitrogens is 1. The lowest BCUT2D eigenvalue weighted by atomic mass is 9.84. The first kappa shape index (κ1) is 16.6. The molecule has 1 saturated carbocycles. The second kappa shape index (κ2) is 7.16. The number of rotatable bonds is 5. The molecule has 1 saturated heterocycles. The molecule has 2 aromatic rings. The zero-order valence-electron chi connectivity index (χ0n) is 15.0. The zero-order valence-corrected chi connectivity index (χ0v) is 15.0. The zero-order chi connectivity index (χ0) is 17.2. The summed E-state index contributed by atoms with van der Waals surface area (Å²) < 4.78 is 0. The number of anilines is 1. The van der Waals surface area contributed by atoms with Crippen molar-refractivity contribution in [2.45, 2.75) is 51.4 Å². The quantitative estimate of drug-likeness (QED) is 0.775. The number of nitrogens with zero attached hydrogens (tertiary/aromatic N) is 1. The molecule has 1 aliphatic carbocycles. The third-order valence-electron chi connectivity index (χ3n) is 5.97. The summed E-state index contributed by atoms with van der Waals surface area (Å²) in [5.74, 6) is 2.90. The Bertz CT molecular complexity index is 743. The molecule has 3 N–H and O–H groups in total. The predicted octanol–water partition coefficient (Wildman–Crippen LogP) is 3.79. The summed E-state index contributed by atoms with van der Waals surface area (Å²) >= 11 is 0. The van der Waals surface area contributed by atoms with E-state index in [0.29, 0.717) is 24.2 Å². The van der Waals surface area contributed by atoms with Crippen molar-refractivity contribution in [2.75, 3.05) is 18.4 Å². The van der Waals surface area contributed by atoms with Gasteiger partial charge in [0.15, 0.2) is 0 Å². The van der Waals surface area contributed by atoms with E-state index in [-0.39, 0.29) is 5.91 Å². The van der Waals surface area contributed by atoms with Gasteiger partial charge in [-0.2, -0.15) is 0 Å². The Morgan fingerprint density at radius 1 is 1.28 bits per heavy atom. The van der Waals surface area contributed by atoms with Gasteiger partial charge in [-0.1, -0.05) is 13.3 Å². The number of hydrogen-bond acceptors (Lipinski definition) is 3. The highest BCUT2D eigenvalue weighted by Gasteiger charge is 2.23. The highest BCUT2D eigenvalue weighted by atomic mass is 16.1. The number of aromatic amines is 1. The molecule has 2 heterocycles. The van der Waals surface area contributed by atoms with Crippen LogP contribution in [0.5, 0.6) is 0 Å². The van der Waals surface area contributed by atoms with Crippen LogP contribution in [0.4, 0.5) is 5.69 Å². The maximum atomic E-state index is 12.4. The van der Waals surface area contributed by atoms with Crippen LogP contribution >= 0.6 is 0 Å². The minimum Gasteiger partial charge on any atom is -0.342 e. The van der Waals surface area contributed by atoms with Crippen molar-refractivity contribution in [2.24, 2.45) is 11.8 Å². The number of carbonyl (C=O) groups excluding carboxylic acids is 1. The maximum absolute atomic E-state index is 12.4. The van der Waals surface area contributed by atoms with Gasteiger partial charge in [-0.3, -0.25) is 4.79 Å². The first-order valence-corrected chi connectivity index (χ1v) is 9.69. The summed E-state index contributed by atoms with van der Waals surface area (Å²) in [5.41, 5.74) is 2.87. The minimum atomic E-state index is 0.115. The van der Waals surface area contributed by atoms with Crippen LogP contribution in [0.15, 0.2) is 18.2 Å². The third kappa shape index (κ3) is 3.71. The lowest BCUT2D eigenvalue weighted by molar-refractivity contribution is -0.117. The van der Waals surface area contributed by atoms with Gasteiger partial charge in [0, 0.05) is 18.0 Å². The Hall–Kier alpha value is -1.88. The van der Waals surface area contributed by atoms with Crippen molar-refractivity contribution >= 4 is 22.6 Å². The van der Waals surface area contributed by atoms with Crippen LogP contribution in [0.2, 0.25) is 0 Å². The van der Waals surface area contributed by atoms with Gasteiger partial charge in [-0.15, -0.1) is 0 Å². The van der Waals surface area contributed by atoms with Crippen LogP contribution in [0.3, 0.4) is 0 Å². The van der Waals surface area contributed by atoms with E-state index < -0.39 is 0 Å². The third-order valence-corrected chi connectivity index (χ3v) is 5.97. The van der Waals surface area contributed by atoms with Gasteiger partial charge in [0.2, 0.25) is 5.91 Å². The van der Waals surface area contributed by atoms with Gasteiger partial charge in [-0.25, -0.2) is 4.98 Å². The van der Waals surface area contributed by atoms with Crippen LogP contribution in [0.1, 0.15) is 57.2 Å². The second-order valence-corrected chi connectivity index (χ2v) is 7.80. The fraction of sp³-hybridized carbons (Fsp3) is 0.600. The largest absolute Gasteiger partial charge is 0.342 e. The standard InChI is InChI=1S/C20H28N4O/c1-13(14-7-9-21-10-8-14)11-19(25)22-16-5-6-17-18(12-16)24-20(23-17)15-3-2-4-15/h5-6,12-15,21H,2-4,7-11H2,1H3,(H,22,25)(H,23,24). The second-order valence-electron chi connectivity index (χ2n) is 7.80. The highest BCUT2D eigenvalue weighted by molar-refractivity contribution is 5.93. The average Bonchev–Trinajstić information content (AvgIpc) is 2.96. The fourth-order valence-electron chi connectivity index (χ4n) is 4.07. The topological polar surface area (TPSA) is 69.8 Å². The van der Waals surface area contributed by atoms with Crippen molar-refractivity contribution in [1.29, 1.82) is 0 Å². The molecule has 1 amide bonds. The van der Waals surface area contributed by atoms with Gasteiger partial charge in [0.05, 0.1) is 11.0 Å². The molecule has 2 fully saturated rings. The monoisotopic (exact) mass is 340 g/mol. The van der Waals surface area contributed by atoms with E-state index in [1.165, 1.54) is 32.1 Å². The SMILES string of the molecule is CC(CC(=O)Nc1ccc2nc(C3CCC3)[nH]c2c1)C1CCNCC1. The van der Waals surface area contributed by atoms with Crippen molar-refractivity contribution < 1.29 is 4.79 Å². The van der Waals surface area contributed by atoms with E-state index in [0.717, 1.165) is 35.6 Å². The van der Waals surface area contributed by atoms with Crippen molar-refractivity contribution in [3.8, 4) is 0 Å². The molecule has 134 valence electrons. The van der Waals surface area contributed by atoms with Gasteiger partial charge in [-0.05, 0) is 68.8 Å². The van der Waals surface area contributed by atoms with Crippen LogP contribution in [0, 0.1) is 11.8 Å². The molecule has 5 nitrogen and oxygen atoms in total. The number of carbonyl (C=O) groups is 1. The van der Waals surface area contributed by atoms with Crippen LogP contribution < -0.4 is 10.6 Å². The van der Waals surface area contributed by atoms with Crippen molar-refractivity contribution in [3.63, 3.8) is 0 Å². The highest BCUT2D eigenvalue weighted by Crippen LogP contribution is 2.35. The molecule has 4 rings (SSSR count). The number of piperidine rings is 1. The Balaban J connectivity index is 1.38. The molecule has 1 aromatic heterocycles. The number of hydrogen-bond donors (Lipinski definition) is 3. The molecule has 0 radical (unpaired) electrons. The maximum Gasteiger partial charge on any atom is 0.224 e. The molecule has 2 aliphatic rings. The number of fused-ring (bicyclic) bond motifs is 1. The van der Waals surface area contributed by atoms with E-state index in [9.17, 15) is 4.79 Å². The first-order valence-electron chi connectivity index (χ1n) is 9.69. The average molecular weight is 340 g/mol. The molecule has 0 bridgehead atoms. The first-order chi connectivity index (χ1) is 12.2. The Labute approximate surface area is 149 Å². The molecular formula is C20H28N4O. The lowest BCUT2D eigenvalue weighted by Gasteiger charge is -2.27. The molecule has 1 atom stereocenters. The normalized spacial score (nSPS) is 20.4. The summed E-state index contributed by atoms with van der Waals surface area (Å²) in [6.07, 6.45) is 6.73. The Morgan fingerprint density at radius 2 is 2.08 bits per heavy atom. The van der Waals surface area contributed by atoms with E-state index in [1.807, 2.05) is 18.2 Å². The van der Waals surface area contributed by atoms with E-state index >= 15 is 0 Å². The van der Waals surface area contributed by atoms with E-state index in [4.69, 9.17) is 4.98 Å². The van der Waals surface area contributed by atoms with Gasteiger partial charge in [0.25, 0.3) is 0 Å². The van der Waals surface area contributed by atoms with Gasteiger partial charge in [0.1, 0.15) is 5.82 Å². The smallest absolute Gasteiger partial charge is 0.224 e. The summed E-state index contributed by atoms with van der Waals surface area (Å²) in [6.45, 7) is 4.37. The Kier molecular flexibility index (Phi) is 4.75. The number of nitrogens with one attached hydrogen (secondary N) is 3. The van der Waals surface area contributed by atoms with Crippen molar-refractivity contribution in [3.05, 3.63) is 24.0 Å². The Morgan fingerprint density at radius 3 is 2.80 bits per heavy atom. The lowest BCUT2D eigenvalue weighted by Crippen LogP contribution is -2.32. The van der Waals surface area contributed by atoms with Crippen LogP contribution in [0.25, 0.3) is 11.0 Å². The number of aromatic nitrogens is 2. The fourth-order valence-corrected chi connectivity index (χ4v) is 4.07. The van der Waals surface area contributed by atoms with E-state index in [1.54, 1.807) is 0 Å². The summed E-state index contributed by atoms with van der Waals surface area (Å²) in [7, 11) is 0.